The summed E-state index contributed by atoms with van der Waals surface area (Å²) in [5.74, 6) is -0.313. The molecule has 1 amide bonds. The SMILES string of the molecule is CCCOc1cccc(CC(=O)NC(CC)(CC)CC(=O)O)c1. The van der Waals surface area contributed by atoms with Crippen molar-refractivity contribution in [1.82, 2.24) is 5.32 Å². The first-order valence-electron chi connectivity index (χ1n) is 8.19. The third-order valence-electron chi connectivity index (χ3n) is 3.98. The first kappa shape index (κ1) is 19.0. The Bertz CT molecular complexity index is 524. The number of rotatable bonds is 10. The fourth-order valence-corrected chi connectivity index (χ4v) is 2.50. The lowest BCUT2D eigenvalue weighted by Crippen LogP contribution is -2.49. The van der Waals surface area contributed by atoms with Gasteiger partial charge < -0.3 is 15.2 Å². The lowest BCUT2D eigenvalue weighted by molar-refractivity contribution is -0.139. The molecule has 2 N–H and O–H groups in total. The van der Waals surface area contributed by atoms with Crippen molar-refractivity contribution >= 4 is 11.9 Å². The Hall–Kier alpha value is -2.04. The fraction of sp³-hybridized carbons (Fsp3) is 0.556. The molecule has 128 valence electrons. The first-order valence-corrected chi connectivity index (χ1v) is 8.19. The lowest BCUT2D eigenvalue weighted by atomic mass is 9.88. The van der Waals surface area contributed by atoms with Gasteiger partial charge in [-0.15, -0.1) is 0 Å². The van der Waals surface area contributed by atoms with Gasteiger partial charge in [-0.1, -0.05) is 32.9 Å². The van der Waals surface area contributed by atoms with Crippen LogP contribution in [0.2, 0.25) is 0 Å². The van der Waals surface area contributed by atoms with Crippen molar-refractivity contribution in [3.05, 3.63) is 29.8 Å². The van der Waals surface area contributed by atoms with Gasteiger partial charge in [0.05, 0.1) is 19.4 Å². The van der Waals surface area contributed by atoms with Gasteiger partial charge in [0, 0.05) is 5.54 Å². The highest BCUT2D eigenvalue weighted by molar-refractivity contribution is 5.80. The second-order valence-electron chi connectivity index (χ2n) is 5.78. The Balaban J connectivity index is 2.72. The van der Waals surface area contributed by atoms with E-state index in [0.29, 0.717) is 19.4 Å². The van der Waals surface area contributed by atoms with Gasteiger partial charge >= 0.3 is 5.97 Å². The van der Waals surface area contributed by atoms with E-state index >= 15 is 0 Å². The molecule has 5 heteroatoms. The number of carboxylic acid groups (broad SMARTS) is 1. The van der Waals surface area contributed by atoms with Gasteiger partial charge in [0.2, 0.25) is 5.91 Å². The zero-order valence-electron chi connectivity index (χ0n) is 14.2. The summed E-state index contributed by atoms with van der Waals surface area (Å²) < 4.78 is 5.56. The summed E-state index contributed by atoms with van der Waals surface area (Å²) in [5.41, 5.74) is 0.173. The molecule has 0 atom stereocenters. The lowest BCUT2D eigenvalue weighted by Gasteiger charge is -2.31. The molecule has 0 aliphatic carbocycles. The van der Waals surface area contributed by atoms with Gasteiger partial charge in [0.1, 0.15) is 5.75 Å². The molecular formula is C18H27NO4. The Morgan fingerprint density at radius 1 is 1.22 bits per heavy atom. The van der Waals surface area contributed by atoms with Crippen LogP contribution in [0.5, 0.6) is 5.75 Å². The third kappa shape index (κ3) is 6.30. The largest absolute Gasteiger partial charge is 0.494 e. The summed E-state index contributed by atoms with van der Waals surface area (Å²) >= 11 is 0. The number of amides is 1. The van der Waals surface area contributed by atoms with Crippen LogP contribution >= 0.6 is 0 Å². The average Bonchev–Trinajstić information content (AvgIpc) is 2.52. The molecule has 0 fully saturated rings. The van der Waals surface area contributed by atoms with Crippen molar-refractivity contribution < 1.29 is 19.4 Å². The molecule has 0 heterocycles. The van der Waals surface area contributed by atoms with Crippen molar-refractivity contribution in [3.8, 4) is 5.75 Å². The van der Waals surface area contributed by atoms with Crippen LogP contribution in [0.3, 0.4) is 0 Å². The first-order chi connectivity index (χ1) is 10.9. The minimum absolute atomic E-state index is 0.0641. The molecule has 5 nitrogen and oxygen atoms in total. The Kier molecular flexibility index (Phi) is 7.59. The zero-order chi connectivity index (χ0) is 17.3. The molecule has 0 radical (unpaired) electrons. The van der Waals surface area contributed by atoms with Crippen molar-refractivity contribution in [1.29, 1.82) is 0 Å². The molecule has 0 aliphatic rings. The highest BCUT2D eigenvalue weighted by Crippen LogP contribution is 2.21. The minimum atomic E-state index is -0.899. The Morgan fingerprint density at radius 2 is 1.91 bits per heavy atom. The van der Waals surface area contributed by atoms with Crippen molar-refractivity contribution in [2.45, 2.75) is 58.4 Å². The number of aliphatic carboxylic acids is 1. The van der Waals surface area contributed by atoms with Crippen LogP contribution in [0.4, 0.5) is 0 Å². The molecule has 1 aromatic rings. The molecule has 0 bridgehead atoms. The van der Waals surface area contributed by atoms with Gasteiger partial charge in [-0.05, 0) is 37.0 Å². The van der Waals surface area contributed by atoms with Crippen molar-refractivity contribution in [3.63, 3.8) is 0 Å². The summed E-state index contributed by atoms with van der Waals surface area (Å²) in [6, 6.07) is 7.45. The molecule has 0 unspecified atom stereocenters. The maximum atomic E-state index is 12.3. The van der Waals surface area contributed by atoms with E-state index in [2.05, 4.69) is 5.32 Å². The number of carbonyl (C=O) groups excluding carboxylic acids is 1. The number of hydrogen-bond donors (Lipinski definition) is 2. The summed E-state index contributed by atoms with van der Waals surface area (Å²) in [6.45, 7) is 6.47. The number of hydrogen-bond acceptors (Lipinski definition) is 3. The smallest absolute Gasteiger partial charge is 0.305 e. The van der Waals surface area contributed by atoms with Crippen LogP contribution in [-0.4, -0.2) is 29.1 Å². The van der Waals surface area contributed by atoms with Gasteiger partial charge in [-0.25, -0.2) is 0 Å². The maximum absolute atomic E-state index is 12.3. The van der Waals surface area contributed by atoms with Crippen LogP contribution in [-0.2, 0) is 16.0 Å². The van der Waals surface area contributed by atoms with Crippen LogP contribution in [0, 0.1) is 0 Å². The van der Waals surface area contributed by atoms with E-state index < -0.39 is 11.5 Å². The van der Waals surface area contributed by atoms with E-state index in [0.717, 1.165) is 17.7 Å². The molecular weight excluding hydrogens is 294 g/mol. The quantitative estimate of drug-likeness (QED) is 0.694. The van der Waals surface area contributed by atoms with E-state index in [1.807, 2.05) is 45.0 Å². The minimum Gasteiger partial charge on any atom is -0.494 e. The van der Waals surface area contributed by atoms with Crippen LogP contribution in [0.25, 0.3) is 0 Å². The Morgan fingerprint density at radius 3 is 2.48 bits per heavy atom. The molecule has 0 saturated heterocycles. The van der Waals surface area contributed by atoms with E-state index in [4.69, 9.17) is 9.84 Å². The van der Waals surface area contributed by atoms with Gasteiger partial charge in [0.25, 0.3) is 0 Å². The molecule has 1 aromatic carbocycles. The second-order valence-corrected chi connectivity index (χ2v) is 5.78. The van der Waals surface area contributed by atoms with Crippen LogP contribution in [0.1, 0.15) is 52.0 Å². The second kappa shape index (κ2) is 9.18. The fourth-order valence-electron chi connectivity index (χ4n) is 2.50. The number of carboxylic acids is 1. The molecule has 23 heavy (non-hydrogen) atoms. The number of nitrogens with one attached hydrogen (secondary N) is 1. The molecule has 0 aliphatic heterocycles. The van der Waals surface area contributed by atoms with Crippen molar-refractivity contribution in [2.75, 3.05) is 6.61 Å². The number of ether oxygens (including phenoxy) is 1. The molecule has 1 rings (SSSR count). The maximum Gasteiger partial charge on any atom is 0.305 e. The predicted octanol–water partition coefficient (Wildman–Crippen LogP) is 3.17. The van der Waals surface area contributed by atoms with E-state index in [1.165, 1.54) is 0 Å². The number of carbonyl (C=O) groups is 2. The molecule has 0 aromatic heterocycles. The van der Waals surface area contributed by atoms with Gasteiger partial charge in [-0.3, -0.25) is 9.59 Å². The summed E-state index contributed by atoms with van der Waals surface area (Å²) in [7, 11) is 0. The van der Waals surface area contributed by atoms with E-state index in [9.17, 15) is 9.59 Å². The highest BCUT2D eigenvalue weighted by atomic mass is 16.5. The Labute approximate surface area is 138 Å². The normalized spacial score (nSPS) is 11.1. The average molecular weight is 321 g/mol. The number of benzene rings is 1. The highest BCUT2D eigenvalue weighted by Gasteiger charge is 2.30. The third-order valence-corrected chi connectivity index (χ3v) is 3.98. The van der Waals surface area contributed by atoms with E-state index in [-0.39, 0.29) is 18.7 Å². The standard InChI is InChI=1S/C18H27NO4/c1-4-10-23-15-9-7-8-14(11-15)12-16(20)19-18(5-2,6-3)13-17(21)22/h7-9,11H,4-6,10,12-13H2,1-3H3,(H,19,20)(H,21,22). The van der Waals surface area contributed by atoms with Gasteiger partial charge in [-0.2, -0.15) is 0 Å². The van der Waals surface area contributed by atoms with E-state index in [1.54, 1.807) is 0 Å². The monoisotopic (exact) mass is 321 g/mol. The topological polar surface area (TPSA) is 75.6 Å². The summed E-state index contributed by atoms with van der Waals surface area (Å²) in [6.07, 6.45) is 2.24. The molecule has 0 spiro atoms. The summed E-state index contributed by atoms with van der Waals surface area (Å²) in [4.78, 5) is 23.4. The van der Waals surface area contributed by atoms with Crippen molar-refractivity contribution in [2.24, 2.45) is 0 Å². The molecule has 0 saturated carbocycles. The summed E-state index contributed by atoms with van der Waals surface area (Å²) in [5, 5.41) is 12.0. The van der Waals surface area contributed by atoms with Gasteiger partial charge in [0.15, 0.2) is 0 Å². The van der Waals surface area contributed by atoms with Crippen LogP contribution < -0.4 is 10.1 Å². The van der Waals surface area contributed by atoms with Crippen LogP contribution in [0.15, 0.2) is 24.3 Å². The zero-order valence-corrected chi connectivity index (χ0v) is 14.2. The predicted molar refractivity (Wildman–Crippen MR) is 89.6 cm³/mol.